The van der Waals surface area contributed by atoms with E-state index in [1.807, 2.05) is 0 Å². The average molecular weight is 364 g/mol. The molecule has 3 N–H and O–H groups in total. The zero-order chi connectivity index (χ0) is 18.5. The molecule has 1 aliphatic rings. The highest BCUT2D eigenvalue weighted by Crippen LogP contribution is 2.30. The van der Waals surface area contributed by atoms with Crippen LogP contribution < -0.4 is 15.4 Å². The molecule has 4 rings (SSSR count). The van der Waals surface area contributed by atoms with Crippen LogP contribution >= 0.6 is 0 Å². The molecule has 1 fully saturated rings. The molecule has 0 bridgehead atoms. The van der Waals surface area contributed by atoms with Gasteiger partial charge in [-0.25, -0.2) is 15.0 Å². The summed E-state index contributed by atoms with van der Waals surface area (Å²) in [6, 6.07) is 6.93. The summed E-state index contributed by atoms with van der Waals surface area (Å²) in [5.41, 5.74) is 1.41. The van der Waals surface area contributed by atoms with Crippen LogP contribution in [0.15, 0.2) is 49.2 Å². The quantitative estimate of drug-likeness (QED) is 0.613. The van der Waals surface area contributed by atoms with Crippen molar-refractivity contribution in [2.24, 2.45) is 0 Å². The van der Waals surface area contributed by atoms with E-state index < -0.39 is 0 Å². The summed E-state index contributed by atoms with van der Waals surface area (Å²) in [5.74, 6) is 1.64. The number of benzene rings is 1. The Morgan fingerprint density at radius 3 is 2.70 bits per heavy atom. The van der Waals surface area contributed by atoms with Gasteiger partial charge >= 0.3 is 0 Å². The first-order chi connectivity index (χ1) is 13.3. The van der Waals surface area contributed by atoms with Crippen LogP contribution in [0.1, 0.15) is 12.8 Å². The maximum atomic E-state index is 9.46. The third kappa shape index (κ3) is 4.29. The number of nitrogens with one attached hydrogen (secondary N) is 2. The van der Waals surface area contributed by atoms with Crippen molar-refractivity contribution in [3.63, 3.8) is 0 Å². The van der Waals surface area contributed by atoms with Gasteiger partial charge in [-0.05, 0) is 43.7 Å². The highest BCUT2D eigenvalue weighted by Gasteiger charge is 2.16. The van der Waals surface area contributed by atoms with Gasteiger partial charge in [-0.3, -0.25) is 0 Å². The second-order valence-corrected chi connectivity index (χ2v) is 6.31. The predicted molar refractivity (Wildman–Crippen MR) is 101 cm³/mol. The first-order valence-electron chi connectivity index (χ1n) is 8.84. The molecule has 1 aliphatic heterocycles. The smallest absolute Gasteiger partial charge is 0.246 e. The van der Waals surface area contributed by atoms with Gasteiger partial charge in [-0.15, -0.1) is 0 Å². The number of nitrogens with zero attached hydrogens (tertiary/aromatic N) is 4. The second-order valence-electron chi connectivity index (χ2n) is 6.31. The molecule has 1 aromatic carbocycles. The van der Waals surface area contributed by atoms with E-state index in [2.05, 4.69) is 30.6 Å². The molecule has 3 aromatic rings. The topological polar surface area (TPSA) is 105 Å². The number of anilines is 1. The van der Waals surface area contributed by atoms with Crippen LogP contribution in [-0.2, 0) is 0 Å². The molecule has 8 nitrogen and oxygen atoms in total. The second kappa shape index (κ2) is 7.96. The van der Waals surface area contributed by atoms with Crippen LogP contribution in [0.3, 0.4) is 0 Å². The summed E-state index contributed by atoms with van der Waals surface area (Å²) in [5, 5.41) is 16.3. The van der Waals surface area contributed by atoms with E-state index >= 15 is 0 Å². The molecule has 2 aromatic heterocycles. The number of aromatic hydroxyl groups is 1. The molecule has 8 heteroatoms. The van der Waals surface area contributed by atoms with E-state index in [1.54, 1.807) is 42.9 Å². The molecule has 0 spiro atoms. The van der Waals surface area contributed by atoms with Gasteiger partial charge in [0.25, 0.3) is 0 Å². The fourth-order valence-electron chi connectivity index (χ4n) is 2.91. The van der Waals surface area contributed by atoms with Crippen molar-refractivity contribution >= 4 is 5.69 Å². The molecule has 1 unspecified atom stereocenters. The fraction of sp³-hybridized carbons (Fsp3) is 0.263. The number of aromatic nitrogens is 4. The van der Waals surface area contributed by atoms with Gasteiger partial charge in [0.15, 0.2) is 5.82 Å². The summed E-state index contributed by atoms with van der Waals surface area (Å²) in [6.45, 7) is 1.82. The Bertz CT molecular complexity index is 882. The molecule has 0 amide bonds. The van der Waals surface area contributed by atoms with Crippen LogP contribution in [0.25, 0.3) is 11.4 Å². The molecule has 1 saturated heterocycles. The minimum Gasteiger partial charge on any atom is -0.508 e. The Kier molecular flexibility index (Phi) is 5.06. The van der Waals surface area contributed by atoms with Crippen LogP contribution in [0.4, 0.5) is 5.69 Å². The molecule has 0 aliphatic carbocycles. The van der Waals surface area contributed by atoms with Gasteiger partial charge in [-0.2, -0.15) is 4.98 Å². The Morgan fingerprint density at radius 1 is 1.15 bits per heavy atom. The first kappa shape index (κ1) is 17.2. The van der Waals surface area contributed by atoms with Crippen molar-refractivity contribution in [1.82, 2.24) is 25.3 Å². The summed E-state index contributed by atoms with van der Waals surface area (Å²) in [4.78, 5) is 17.0. The van der Waals surface area contributed by atoms with Crippen molar-refractivity contribution in [3.8, 4) is 28.8 Å². The third-order valence-corrected chi connectivity index (χ3v) is 4.33. The molecule has 3 heterocycles. The maximum Gasteiger partial charge on any atom is 0.246 e. The molecular weight excluding hydrogens is 344 g/mol. The highest BCUT2D eigenvalue weighted by molar-refractivity contribution is 5.59. The molecule has 0 radical (unpaired) electrons. The maximum absolute atomic E-state index is 9.46. The van der Waals surface area contributed by atoms with Crippen molar-refractivity contribution in [1.29, 1.82) is 0 Å². The predicted octanol–water partition coefficient (Wildman–Crippen LogP) is 2.60. The van der Waals surface area contributed by atoms with E-state index in [1.165, 1.54) is 12.7 Å². The van der Waals surface area contributed by atoms with Crippen molar-refractivity contribution in [2.45, 2.75) is 18.9 Å². The first-order valence-corrected chi connectivity index (χ1v) is 8.84. The monoisotopic (exact) mass is 364 g/mol. The molecule has 27 heavy (non-hydrogen) atoms. The zero-order valence-corrected chi connectivity index (χ0v) is 14.7. The summed E-state index contributed by atoms with van der Waals surface area (Å²) < 4.78 is 5.96. The van der Waals surface area contributed by atoms with Crippen LogP contribution in [0, 0.1) is 0 Å². The van der Waals surface area contributed by atoms with Gasteiger partial charge in [0, 0.05) is 25.0 Å². The van der Waals surface area contributed by atoms with Crippen molar-refractivity contribution in [3.05, 3.63) is 49.2 Å². The van der Waals surface area contributed by atoms with E-state index in [0.29, 0.717) is 34.7 Å². The molecular formula is C19H20N6O2. The van der Waals surface area contributed by atoms with Crippen LogP contribution in [0.2, 0.25) is 0 Å². The van der Waals surface area contributed by atoms with Crippen LogP contribution in [-0.4, -0.2) is 44.2 Å². The van der Waals surface area contributed by atoms with E-state index in [-0.39, 0.29) is 5.75 Å². The number of rotatable bonds is 6. The van der Waals surface area contributed by atoms with Gasteiger partial charge in [0.1, 0.15) is 23.5 Å². The lowest BCUT2D eigenvalue weighted by atomic mass is 10.2. The number of hydrogen-bond donors (Lipinski definition) is 3. The Labute approximate surface area is 156 Å². The van der Waals surface area contributed by atoms with E-state index in [9.17, 15) is 5.11 Å². The lowest BCUT2D eigenvalue weighted by Gasteiger charge is -2.15. The minimum absolute atomic E-state index is 0.179. The van der Waals surface area contributed by atoms with Crippen LogP contribution in [0.5, 0.6) is 17.4 Å². The summed E-state index contributed by atoms with van der Waals surface area (Å²) in [6.07, 6.45) is 8.81. The Morgan fingerprint density at radius 2 is 1.96 bits per heavy atom. The molecule has 1 atom stereocenters. The van der Waals surface area contributed by atoms with E-state index in [0.717, 1.165) is 19.5 Å². The highest BCUT2D eigenvalue weighted by atomic mass is 16.5. The lowest BCUT2D eigenvalue weighted by molar-refractivity contribution is 0.454. The summed E-state index contributed by atoms with van der Waals surface area (Å²) in [7, 11) is 0. The van der Waals surface area contributed by atoms with Gasteiger partial charge in [0.05, 0.1) is 11.8 Å². The minimum atomic E-state index is 0.179. The Hall–Kier alpha value is -3.26. The lowest BCUT2D eigenvalue weighted by Crippen LogP contribution is -2.29. The van der Waals surface area contributed by atoms with Crippen molar-refractivity contribution in [2.75, 3.05) is 18.4 Å². The Balaban J connectivity index is 1.61. The normalized spacial score (nSPS) is 16.2. The number of phenols is 1. The zero-order valence-electron chi connectivity index (χ0n) is 14.7. The number of phenolic OH excluding ortho intramolecular Hbond substituents is 1. The largest absolute Gasteiger partial charge is 0.508 e. The molecule has 138 valence electrons. The van der Waals surface area contributed by atoms with Gasteiger partial charge in [0.2, 0.25) is 5.88 Å². The number of ether oxygens (including phenoxy) is 1. The van der Waals surface area contributed by atoms with E-state index in [4.69, 9.17) is 4.74 Å². The van der Waals surface area contributed by atoms with Crippen molar-refractivity contribution < 1.29 is 9.84 Å². The third-order valence-electron chi connectivity index (χ3n) is 4.33. The fourth-order valence-corrected chi connectivity index (χ4v) is 2.91. The standard InChI is InChI=1S/C19H20N6O2/c26-15-3-5-16(6-4-15)27-19-17(23-10-14-2-1-7-22-14)11-24-18(25-19)13-8-20-12-21-9-13/h3-6,8-9,11-12,14,22-23,26H,1-2,7,10H2. The van der Waals surface area contributed by atoms with Gasteiger partial charge < -0.3 is 20.5 Å². The SMILES string of the molecule is Oc1ccc(Oc2nc(-c3cncnc3)ncc2NCC2CCCN2)cc1. The summed E-state index contributed by atoms with van der Waals surface area (Å²) >= 11 is 0. The average Bonchev–Trinajstić information content (AvgIpc) is 3.23. The number of hydrogen-bond acceptors (Lipinski definition) is 8. The van der Waals surface area contributed by atoms with Gasteiger partial charge in [-0.1, -0.05) is 0 Å². The molecule has 0 saturated carbocycles.